The van der Waals surface area contributed by atoms with Gasteiger partial charge >= 0.3 is 5.97 Å². The Morgan fingerprint density at radius 2 is 2.07 bits per heavy atom. The number of methoxy groups -OCH3 is 1. The Morgan fingerprint density at radius 1 is 1.50 bits per heavy atom. The van der Waals surface area contributed by atoms with Gasteiger partial charge in [-0.2, -0.15) is 0 Å². The van der Waals surface area contributed by atoms with E-state index in [1.54, 1.807) is 0 Å². The third-order valence-electron chi connectivity index (χ3n) is 3.49. The predicted molar refractivity (Wildman–Crippen MR) is 56.9 cm³/mol. The second-order valence-corrected chi connectivity index (χ2v) is 4.88. The maximum Gasteiger partial charge on any atom is 0.305 e. The first-order valence-corrected chi connectivity index (χ1v) is 5.13. The topological polar surface area (TPSA) is 26.3 Å². The van der Waals surface area contributed by atoms with E-state index in [2.05, 4.69) is 27.7 Å². The quantitative estimate of drug-likeness (QED) is 0.501. The van der Waals surface area contributed by atoms with Crippen LogP contribution in [-0.2, 0) is 9.53 Å². The van der Waals surface area contributed by atoms with Crippen LogP contribution in [0.4, 0.5) is 0 Å². The standard InChI is InChI=1S/C12H20O2/c1-8(2)10-6-9(12(10,3)4)7-11(13)14-5/h9H,6-7H2,1-5H3. The van der Waals surface area contributed by atoms with Crippen molar-refractivity contribution in [2.45, 2.75) is 40.5 Å². The molecule has 0 amide bonds. The van der Waals surface area contributed by atoms with Gasteiger partial charge in [-0.15, -0.1) is 0 Å². The maximum atomic E-state index is 11.1. The molecule has 1 atom stereocenters. The first-order valence-electron chi connectivity index (χ1n) is 5.13. The van der Waals surface area contributed by atoms with Crippen LogP contribution < -0.4 is 0 Å². The molecule has 0 aromatic heterocycles. The summed E-state index contributed by atoms with van der Waals surface area (Å²) < 4.78 is 4.69. The van der Waals surface area contributed by atoms with E-state index in [1.807, 2.05) is 0 Å². The third kappa shape index (κ3) is 1.84. The van der Waals surface area contributed by atoms with Gasteiger partial charge in [0.25, 0.3) is 0 Å². The lowest BCUT2D eigenvalue weighted by Crippen LogP contribution is -2.39. The van der Waals surface area contributed by atoms with Crippen molar-refractivity contribution < 1.29 is 9.53 Å². The fourth-order valence-electron chi connectivity index (χ4n) is 2.34. The molecule has 1 aliphatic carbocycles. The number of carbonyl (C=O) groups excluding carboxylic acids is 1. The molecule has 1 rings (SSSR count). The highest BCUT2D eigenvalue weighted by molar-refractivity contribution is 5.70. The molecule has 14 heavy (non-hydrogen) atoms. The van der Waals surface area contributed by atoms with Gasteiger partial charge in [-0.1, -0.05) is 25.0 Å². The van der Waals surface area contributed by atoms with Crippen LogP contribution in [-0.4, -0.2) is 13.1 Å². The van der Waals surface area contributed by atoms with E-state index >= 15 is 0 Å². The Kier molecular flexibility index (Phi) is 3.03. The molecular weight excluding hydrogens is 176 g/mol. The molecule has 0 N–H and O–H groups in total. The number of esters is 1. The smallest absolute Gasteiger partial charge is 0.305 e. The molecule has 2 nitrogen and oxygen atoms in total. The van der Waals surface area contributed by atoms with Crippen LogP contribution in [0.2, 0.25) is 0 Å². The first-order chi connectivity index (χ1) is 6.39. The molecule has 0 saturated heterocycles. The molecule has 0 spiro atoms. The summed E-state index contributed by atoms with van der Waals surface area (Å²) in [5.74, 6) is 0.371. The zero-order valence-electron chi connectivity index (χ0n) is 9.81. The van der Waals surface area contributed by atoms with Gasteiger partial charge in [0.1, 0.15) is 0 Å². The van der Waals surface area contributed by atoms with Crippen LogP contribution in [0.5, 0.6) is 0 Å². The molecule has 0 aliphatic heterocycles. The Balaban J connectivity index is 2.64. The van der Waals surface area contributed by atoms with E-state index in [4.69, 9.17) is 4.74 Å². The summed E-state index contributed by atoms with van der Waals surface area (Å²) in [5.41, 5.74) is 3.09. The number of hydrogen-bond acceptors (Lipinski definition) is 2. The van der Waals surface area contributed by atoms with E-state index in [9.17, 15) is 4.79 Å². The average Bonchev–Trinajstić information content (AvgIpc) is 2.10. The summed E-state index contributed by atoms with van der Waals surface area (Å²) in [6.07, 6.45) is 1.62. The molecule has 0 aromatic carbocycles. The van der Waals surface area contributed by atoms with Crippen molar-refractivity contribution in [3.63, 3.8) is 0 Å². The second kappa shape index (κ2) is 3.76. The lowest BCUT2D eigenvalue weighted by atomic mass is 9.56. The number of ether oxygens (including phenoxy) is 1. The summed E-state index contributed by atoms with van der Waals surface area (Å²) in [4.78, 5) is 11.1. The molecule has 1 fully saturated rings. The zero-order valence-corrected chi connectivity index (χ0v) is 9.81. The van der Waals surface area contributed by atoms with Crippen molar-refractivity contribution >= 4 is 5.97 Å². The SMILES string of the molecule is COC(=O)CC1CC(=C(C)C)C1(C)C. The van der Waals surface area contributed by atoms with Gasteiger partial charge in [-0.05, 0) is 31.6 Å². The molecule has 0 radical (unpaired) electrons. The molecule has 1 aliphatic rings. The van der Waals surface area contributed by atoms with Crippen LogP contribution in [0, 0.1) is 11.3 Å². The van der Waals surface area contributed by atoms with Crippen molar-refractivity contribution in [2.75, 3.05) is 7.11 Å². The normalized spacial score (nSPS) is 24.1. The molecule has 80 valence electrons. The summed E-state index contributed by atoms with van der Waals surface area (Å²) in [5, 5.41) is 0. The highest BCUT2D eigenvalue weighted by atomic mass is 16.5. The van der Waals surface area contributed by atoms with E-state index < -0.39 is 0 Å². The van der Waals surface area contributed by atoms with Gasteiger partial charge < -0.3 is 4.74 Å². The summed E-state index contributed by atoms with van der Waals surface area (Å²) in [6.45, 7) is 8.72. The van der Waals surface area contributed by atoms with Crippen molar-refractivity contribution in [3.8, 4) is 0 Å². The largest absolute Gasteiger partial charge is 0.469 e. The Hall–Kier alpha value is -0.790. The summed E-state index contributed by atoms with van der Waals surface area (Å²) in [7, 11) is 1.45. The van der Waals surface area contributed by atoms with Crippen LogP contribution in [0.3, 0.4) is 0 Å². The van der Waals surface area contributed by atoms with Gasteiger partial charge in [0, 0.05) is 6.42 Å². The predicted octanol–water partition coefficient (Wildman–Crippen LogP) is 2.93. The highest BCUT2D eigenvalue weighted by Crippen LogP contribution is 2.53. The minimum Gasteiger partial charge on any atom is -0.469 e. The van der Waals surface area contributed by atoms with Crippen molar-refractivity contribution in [1.82, 2.24) is 0 Å². The minimum atomic E-state index is -0.0871. The van der Waals surface area contributed by atoms with Crippen molar-refractivity contribution in [2.24, 2.45) is 11.3 Å². The van der Waals surface area contributed by atoms with Gasteiger partial charge in [0.15, 0.2) is 0 Å². The Bertz CT molecular complexity index is 270. The highest BCUT2D eigenvalue weighted by Gasteiger charge is 2.44. The van der Waals surface area contributed by atoms with E-state index in [0.29, 0.717) is 12.3 Å². The second-order valence-electron chi connectivity index (χ2n) is 4.88. The Morgan fingerprint density at radius 3 is 2.43 bits per heavy atom. The van der Waals surface area contributed by atoms with E-state index in [-0.39, 0.29) is 11.4 Å². The monoisotopic (exact) mass is 196 g/mol. The third-order valence-corrected chi connectivity index (χ3v) is 3.49. The van der Waals surface area contributed by atoms with Crippen molar-refractivity contribution in [3.05, 3.63) is 11.1 Å². The molecular formula is C12H20O2. The minimum absolute atomic E-state index is 0.0871. The fourth-order valence-corrected chi connectivity index (χ4v) is 2.34. The van der Waals surface area contributed by atoms with Crippen molar-refractivity contribution in [1.29, 1.82) is 0 Å². The molecule has 0 aromatic rings. The Labute approximate surface area is 86.3 Å². The van der Waals surface area contributed by atoms with Crippen LogP contribution >= 0.6 is 0 Å². The lowest BCUT2D eigenvalue weighted by Gasteiger charge is -2.48. The number of rotatable bonds is 2. The van der Waals surface area contributed by atoms with Gasteiger partial charge in [0.05, 0.1) is 7.11 Å². The van der Waals surface area contributed by atoms with Gasteiger partial charge in [0.2, 0.25) is 0 Å². The van der Waals surface area contributed by atoms with E-state index in [1.165, 1.54) is 18.3 Å². The van der Waals surface area contributed by atoms with Gasteiger partial charge in [-0.25, -0.2) is 0 Å². The fraction of sp³-hybridized carbons (Fsp3) is 0.750. The van der Waals surface area contributed by atoms with E-state index in [0.717, 1.165) is 6.42 Å². The maximum absolute atomic E-state index is 11.1. The lowest BCUT2D eigenvalue weighted by molar-refractivity contribution is -0.143. The molecule has 2 heteroatoms. The zero-order chi connectivity index (χ0) is 10.9. The first kappa shape index (κ1) is 11.3. The number of allylic oxidation sites excluding steroid dienone is 2. The molecule has 0 heterocycles. The van der Waals surface area contributed by atoms with Crippen LogP contribution in [0.25, 0.3) is 0 Å². The van der Waals surface area contributed by atoms with Crippen LogP contribution in [0.15, 0.2) is 11.1 Å². The summed E-state index contributed by atoms with van der Waals surface area (Å²) in [6, 6.07) is 0. The average molecular weight is 196 g/mol. The van der Waals surface area contributed by atoms with Gasteiger partial charge in [-0.3, -0.25) is 4.79 Å². The molecule has 1 saturated carbocycles. The molecule has 0 bridgehead atoms. The number of hydrogen-bond donors (Lipinski definition) is 0. The van der Waals surface area contributed by atoms with Crippen LogP contribution in [0.1, 0.15) is 40.5 Å². The molecule has 1 unspecified atom stereocenters. The summed E-state index contributed by atoms with van der Waals surface area (Å²) >= 11 is 0. The number of carbonyl (C=O) groups is 1.